The highest BCUT2D eigenvalue weighted by molar-refractivity contribution is 9.09. The molecule has 0 saturated carbocycles. The number of rotatable bonds is 4. The Morgan fingerprint density at radius 2 is 1.39 bits per heavy atom. The Morgan fingerprint density at radius 1 is 0.929 bits per heavy atom. The molecule has 0 unspecified atom stereocenters. The molecule has 2 aromatic carbocycles. The number of nitrogens with one attached hydrogen (secondary N) is 2. The SMILES string of the molecule is O=C(CBr)Nc1ccc2c(c1)OP1(=O)CC2c2ccc(NC(=O)CBr)cc2O1. The summed E-state index contributed by atoms with van der Waals surface area (Å²) in [6.45, 7) is 0. The van der Waals surface area contributed by atoms with E-state index in [0.29, 0.717) is 22.9 Å². The van der Waals surface area contributed by atoms with Gasteiger partial charge in [-0.2, -0.15) is 0 Å². The monoisotopic (exact) mass is 528 g/mol. The molecule has 146 valence electrons. The van der Waals surface area contributed by atoms with Gasteiger partial charge in [-0.1, -0.05) is 44.0 Å². The van der Waals surface area contributed by atoms with Gasteiger partial charge in [0.25, 0.3) is 0 Å². The smallest absolute Gasteiger partial charge is 0.416 e. The number of alkyl halides is 2. The predicted molar refractivity (Wildman–Crippen MR) is 113 cm³/mol. The molecule has 10 heteroatoms. The molecule has 0 radical (unpaired) electrons. The van der Waals surface area contributed by atoms with Gasteiger partial charge in [0.05, 0.1) is 16.8 Å². The number of benzene rings is 2. The fourth-order valence-corrected chi connectivity index (χ4v) is 5.55. The average molecular weight is 530 g/mol. The van der Waals surface area contributed by atoms with Gasteiger partial charge in [0.15, 0.2) is 0 Å². The van der Waals surface area contributed by atoms with Gasteiger partial charge in [-0.3, -0.25) is 9.59 Å². The summed E-state index contributed by atoms with van der Waals surface area (Å²) < 4.78 is 24.6. The van der Waals surface area contributed by atoms with Gasteiger partial charge in [0, 0.05) is 40.6 Å². The van der Waals surface area contributed by atoms with Crippen molar-refractivity contribution in [1.82, 2.24) is 0 Å². The van der Waals surface area contributed by atoms with E-state index in [1.165, 1.54) is 0 Å². The highest BCUT2D eigenvalue weighted by Crippen LogP contribution is 2.63. The molecule has 2 heterocycles. The highest BCUT2D eigenvalue weighted by atomic mass is 79.9. The van der Waals surface area contributed by atoms with Gasteiger partial charge in [0.2, 0.25) is 11.8 Å². The van der Waals surface area contributed by atoms with Gasteiger partial charge in [0.1, 0.15) is 11.5 Å². The predicted octanol–water partition coefficient (Wildman–Crippen LogP) is 4.46. The van der Waals surface area contributed by atoms with Crippen molar-refractivity contribution in [1.29, 1.82) is 0 Å². The lowest BCUT2D eigenvalue weighted by molar-refractivity contribution is -0.114. The molecular weight excluding hydrogens is 515 g/mol. The van der Waals surface area contributed by atoms with Crippen molar-refractivity contribution >= 4 is 62.6 Å². The van der Waals surface area contributed by atoms with E-state index in [9.17, 15) is 14.2 Å². The summed E-state index contributed by atoms with van der Waals surface area (Å²) in [5.74, 6) is 0.341. The summed E-state index contributed by atoms with van der Waals surface area (Å²) in [5.41, 5.74) is 2.88. The fourth-order valence-electron chi connectivity index (χ4n) is 3.33. The van der Waals surface area contributed by atoms with Crippen molar-refractivity contribution in [2.45, 2.75) is 5.92 Å². The third-order valence-electron chi connectivity index (χ3n) is 4.47. The summed E-state index contributed by atoms with van der Waals surface area (Å²) in [6, 6.07) is 10.6. The molecule has 0 saturated heterocycles. The first-order chi connectivity index (χ1) is 13.4. The van der Waals surface area contributed by atoms with Crippen LogP contribution in [0.3, 0.4) is 0 Å². The van der Waals surface area contributed by atoms with Crippen LogP contribution in [0.15, 0.2) is 36.4 Å². The van der Waals surface area contributed by atoms with Crippen molar-refractivity contribution in [2.24, 2.45) is 0 Å². The lowest BCUT2D eigenvalue weighted by Gasteiger charge is -2.37. The summed E-state index contributed by atoms with van der Waals surface area (Å²) in [7, 11) is -3.39. The third-order valence-corrected chi connectivity index (χ3v) is 7.25. The molecular formula is C18H15Br2N2O5P. The molecule has 7 nitrogen and oxygen atoms in total. The van der Waals surface area contributed by atoms with E-state index in [1.54, 1.807) is 24.3 Å². The Kier molecular flexibility index (Phi) is 5.24. The Hall–Kier alpha value is -1.83. The number of fused-ring (bicyclic) bond motifs is 6. The maximum absolute atomic E-state index is 13.1. The normalized spacial score (nSPS) is 21.4. The zero-order chi connectivity index (χ0) is 19.9. The summed E-state index contributed by atoms with van der Waals surface area (Å²) in [4.78, 5) is 23.2. The van der Waals surface area contributed by atoms with E-state index in [1.807, 2.05) is 12.1 Å². The van der Waals surface area contributed by atoms with Crippen molar-refractivity contribution in [3.05, 3.63) is 47.5 Å². The standard InChI is InChI=1S/C18H15Br2N2O5P/c19-7-17(23)21-10-1-3-12-14-9-28(25,26-15(12)5-10)27-16-6-11(2-4-13(14)16)22-18(24)8-20/h1-6,14H,7-9H2,(H,21,23)(H,22,24). The van der Waals surface area contributed by atoms with E-state index in [2.05, 4.69) is 42.5 Å². The quantitative estimate of drug-likeness (QED) is 0.450. The number of anilines is 2. The van der Waals surface area contributed by atoms with Crippen LogP contribution in [0.2, 0.25) is 0 Å². The second-order valence-corrected chi connectivity index (χ2v) is 9.47. The Bertz CT molecular complexity index is 954. The molecule has 0 spiro atoms. The zero-order valence-corrected chi connectivity index (χ0v) is 18.5. The van der Waals surface area contributed by atoms with Crippen molar-refractivity contribution in [2.75, 3.05) is 27.5 Å². The number of halogens is 2. The minimum absolute atomic E-state index is 0.153. The van der Waals surface area contributed by atoms with Crippen LogP contribution in [0.25, 0.3) is 0 Å². The van der Waals surface area contributed by atoms with Crippen molar-refractivity contribution in [3.8, 4) is 11.5 Å². The van der Waals surface area contributed by atoms with Gasteiger partial charge < -0.3 is 19.7 Å². The van der Waals surface area contributed by atoms with Gasteiger partial charge in [-0.25, -0.2) is 4.57 Å². The molecule has 0 aliphatic carbocycles. The molecule has 0 fully saturated rings. The minimum atomic E-state index is -3.39. The maximum Gasteiger partial charge on any atom is 0.431 e. The topological polar surface area (TPSA) is 93.7 Å². The van der Waals surface area contributed by atoms with Gasteiger partial charge >= 0.3 is 7.60 Å². The van der Waals surface area contributed by atoms with Crippen molar-refractivity contribution < 1.29 is 23.2 Å². The number of hydrogen-bond acceptors (Lipinski definition) is 5. The lowest BCUT2D eigenvalue weighted by atomic mass is 9.90. The van der Waals surface area contributed by atoms with Gasteiger partial charge in [-0.15, -0.1) is 0 Å². The van der Waals surface area contributed by atoms with Crippen LogP contribution in [-0.4, -0.2) is 28.6 Å². The van der Waals surface area contributed by atoms with E-state index in [0.717, 1.165) is 11.1 Å². The zero-order valence-electron chi connectivity index (χ0n) is 14.4. The van der Waals surface area contributed by atoms with E-state index in [4.69, 9.17) is 9.05 Å². The largest absolute Gasteiger partial charge is 0.431 e. The van der Waals surface area contributed by atoms with E-state index < -0.39 is 7.60 Å². The van der Waals surface area contributed by atoms with E-state index in [-0.39, 0.29) is 34.6 Å². The Morgan fingerprint density at radius 3 is 1.82 bits per heavy atom. The first-order valence-corrected chi connectivity index (χ1v) is 12.4. The Balaban J connectivity index is 1.71. The summed E-state index contributed by atoms with van der Waals surface area (Å²) >= 11 is 6.20. The molecule has 4 rings (SSSR count). The molecule has 2 aliphatic rings. The molecule has 2 bridgehead atoms. The summed E-state index contributed by atoms with van der Waals surface area (Å²) in [5, 5.41) is 5.81. The third kappa shape index (κ3) is 3.71. The van der Waals surface area contributed by atoms with E-state index >= 15 is 0 Å². The van der Waals surface area contributed by atoms with Crippen LogP contribution in [0.1, 0.15) is 17.0 Å². The second kappa shape index (κ2) is 7.54. The number of amides is 2. The first-order valence-electron chi connectivity index (χ1n) is 8.38. The molecule has 2 amide bonds. The lowest BCUT2D eigenvalue weighted by Crippen LogP contribution is -2.24. The molecule has 0 aromatic heterocycles. The number of hydrogen-bond donors (Lipinski definition) is 2. The van der Waals surface area contributed by atoms with Crippen LogP contribution >= 0.6 is 39.5 Å². The number of carbonyl (C=O) groups excluding carboxylic acids is 2. The first kappa shape index (κ1) is 19.5. The average Bonchev–Trinajstić information content (AvgIpc) is 2.66. The van der Waals surface area contributed by atoms with Crippen LogP contribution < -0.4 is 19.7 Å². The maximum atomic E-state index is 13.1. The van der Waals surface area contributed by atoms with Crippen LogP contribution in [0.5, 0.6) is 11.5 Å². The summed E-state index contributed by atoms with van der Waals surface area (Å²) in [6.07, 6.45) is 0.243. The highest BCUT2D eigenvalue weighted by Gasteiger charge is 2.45. The van der Waals surface area contributed by atoms with Gasteiger partial charge in [-0.05, 0) is 12.1 Å². The van der Waals surface area contributed by atoms with Crippen LogP contribution in [-0.2, 0) is 14.2 Å². The Labute approximate surface area is 178 Å². The second-order valence-electron chi connectivity index (χ2n) is 6.40. The van der Waals surface area contributed by atoms with Crippen LogP contribution in [0.4, 0.5) is 11.4 Å². The van der Waals surface area contributed by atoms with Crippen LogP contribution in [0, 0.1) is 0 Å². The molecule has 2 N–H and O–H groups in total. The molecule has 0 atom stereocenters. The molecule has 28 heavy (non-hydrogen) atoms. The molecule has 2 aliphatic heterocycles. The number of carbonyl (C=O) groups is 2. The van der Waals surface area contributed by atoms with Crippen molar-refractivity contribution in [3.63, 3.8) is 0 Å². The minimum Gasteiger partial charge on any atom is -0.416 e. The molecule has 2 aromatic rings. The fraction of sp³-hybridized carbons (Fsp3) is 0.222.